The molecule has 0 unspecified atom stereocenters. The number of hydrogen-bond acceptors (Lipinski definition) is 4. The van der Waals surface area contributed by atoms with Crippen LogP contribution in [-0.2, 0) is 13.2 Å². The monoisotopic (exact) mass is 356 g/mol. The van der Waals surface area contributed by atoms with E-state index in [0.717, 1.165) is 5.56 Å². The van der Waals surface area contributed by atoms with E-state index >= 15 is 0 Å². The van der Waals surface area contributed by atoms with Gasteiger partial charge in [0.15, 0.2) is 0 Å². The molecule has 6 heteroatoms. The van der Waals surface area contributed by atoms with E-state index in [1.807, 2.05) is 18.2 Å². The third-order valence-electron chi connectivity index (χ3n) is 3.55. The number of hydrogen-bond donors (Lipinski definition) is 1. The van der Waals surface area contributed by atoms with Crippen LogP contribution in [0.1, 0.15) is 27.4 Å². The number of ether oxygens (including phenoxy) is 1. The summed E-state index contributed by atoms with van der Waals surface area (Å²) in [5, 5.41) is 7.34. The maximum atomic E-state index is 12.4. The zero-order chi connectivity index (χ0) is 17.6. The molecule has 0 bridgehead atoms. The zero-order valence-electron chi connectivity index (χ0n) is 13.7. The van der Waals surface area contributed by atoms with Crippen LogP contribution in [0.5, 0.6) is 5.75 Å². The first-order chi connectivity index (χ1) is 12.1. The highest BCUT2D eigenvalue weighted by molar-refractivity contribution is 6.30. The Morgan fingerprint density at radius 3 is 2.68 bits per heavy atom. The van der Waals surface area contributed by atoms with Gasteiger partial charge in [-0.2, -0.15) is 0 Å². The van der Waals surface area contributed by atoms with Crippen molar-refractivity contribution >= 4 is 17.5 Å². The number of nitrogens with zero attached hydrogens (tertiary/aromatic N) is 1. The number of aromatic nitrogens is 1. The smallest absolute Gasteiger partial charge is 0.255 e. The molecule has 2 aromatic carbocycles. The molecule has 25 heavy (non-hydrogen) atoms. The predicted octanol–water partition coefficient (Wildman–Crippen LogP) is 4.15. The number of para-hydroxylation sites is 1. The third kappa shape index (κ3) is 4.61. The van der Waals surface area contributed by atoms with Crippen LogP contribution < -0.4 is 10.1 Å². The molecule has 5 nitrogen and oxygen atoms in total. The van der Waals surface area contributed by atoms with Crippen LogP contribution in [0.25, 0.3) is 0 Å². The highest BCUT2D eigenvalue weighted by Gasteiger charge is 2.13. The molecule has 1 aromatic heterocycles. The number of aryl methyl sites for hydroxylation is 1. The van der Waals surface area contributed by atoms with Crippen molar-refractivity contribution in [2.75, 3.05) is 0 Å². The van der Waals surface area contributed by atoms with Crippen molar-refractivity contribution in [3.63, 3.8) is 0 Å². The van der Waals surface area contributed by atoms with Crippen molar-refractivity contribution in [3.8, 4) is 5.75 Å². The molecule has 0 saturated heterocycles. The minimum Gasteiger partial charge on any atom is -0.488 e. The standard InChI is InChI=1S/C19H17ClN2O3/c1-13-10-16(22-25-13)11-21-19(23)17-4-2-3-5-18(17)24-12-14-6-8-15(20)9-7-14/h2-10H,11-12H2,1H3,(H,21,23). The number of carbonyl (C=O) groups excluding carboxylic acids is 1. The topological polar surface area (TPSA) is 64.4 Å². The maximum Gasteiger partial charge on any atom is 0.255 e. The Morgan fingerprint density at radius 1 is 1.20 bits per heavy atom. The first kappa shape index (κ1) is 17.0. The van der Waals surface area contributed by atoms with Gasteiger partial charge in [0.2, 0.25) is 0 Å². The summed E-state index contributed by atoms with van der Waals surface area (Å²) in [5.74, 6) is 0.995. The molecule has 3 aromatic rings. The zero-order valence-corrected chi connectivity index (χ0v) is 14.4. The first-order valence-electron chi connectivity index (χ1n) is 7.78. The summed E-state index contributed by atoms with van der Waals surface area (Å²) in [5.41, 5.74) is 2.11. The van der Waals surface area contributed by atoms with E-state index in [2.05, 4.69) is 10.5 Å². The van der Waals surface area contributed by atoms with Crippen molar-refractivity contribution in [1.29, 1.82) is 0 Å². The molecule has 0 saturated carbocycles. The lowest BCUT2D eigenvalue weighted by Crippen LogP contribution is -2.23. The number of rotatable bonds is 6. The molecule has 0 aliphatic rings. The average Bonchev–Trinajstić information content (AvgIpc) is 3.05. The summed E-state index contributed by atoms with van der Waals surface area (Å²) in [7, 11) is 0. The predicted molar refractivity (Wildman–Crippen MR) is 94.6 cm³/mol. The van der Waals surface area contributed by atoms with Crippen molar-refractivity contribution < 1.29 is 14.1 Å². The normalized spacial score (nSPS) is 10.5. The number of nitrogens with one attached hydrogen (secondary N) is 1. The Labute approximate surface area is 150 Å². The Balaban J connectivity index is 1.65. The Hall–Kier alpha value is -2.79. The highest BCUT2D eigenvalue weighted by atomic mass is 35.5. The van der Waals surface area contributed by atoms with Gasteiger partial charge in [-0.25, -0.2) is 0 Å². The minimum atomic E-state index is -0.229. The summed E-state index contributed by atoms with van der Waals surface area (Å²) in [6, 6.07) is 16.3. The molecule has 1 amide bonds. The summed E-state index contributed by atoms with van der Waals surface area (Å²) in [4.78, 5) is 12.4. The van der Waals surface area contributed by atoms with Gasteiger partial charge in [-0.05, 0) is 36.8 Å². The molecule has 0 aliphatic heterocycles. The fourth-order valence-corrected chi connectivity index (χ4v) is 2.42. The van der Waals surface area contributed by atoms with Gasteiger partial charge in [-0.3, -0.25) is 4.79 Å². The average molecular weight is 357 g/mol. The fraction of sp³-hybridized carbons (Fsp3) is 0.158. The summed E-state index contributed by atoms with van der Waals surface area (Å²) in [6.07, 6.45) is 0. The molecule has 1 N–H and O–H groups in total. The van der Waals surface area contributed by atoms with Gasteiger partial charge < -0.3 is 14.6 Å². The molecule has 0 radical (unpaired) electrons. The van der Waals surface area contributed by atoms with Crippen LogP contribution >= 0.6 is 11.6 Å². The van der Waals surface area contributed by atoms with Crippen molar-refractivity contribution in [3.05, 3.63) is 82.2 Å². The number of carbonyl (C=O) groups is 1. The second-order valence-electron chi connectivity index (χ2n) is 5.52. The lowest BCUT2D eigenvalue weighted by molar-refractivity contribution is 0.0945. The Kier molecular flexibility index (Phi) is 5.36. The van der Waals surface area contributed by atoms with E-state index in [0.29, 0.717) is 40.9 Å². The van der Waals surface area contributed by atoms with Crippen molar-refractivity contribution in [1.82, 2.24) is 10.5 Å². The third-order valence-corrected chi connectivity index (χ3v) is 3.80. The van der Waals surface area contributed by atoms with Crippen molar-refractivity contribution in [2.24, 2.45) is 0 Å². The van der Waals surface area contributed by atoms with Gasteiger partial charge in [0.05, 0.1) is 12.1 Å². The van der Waals surface area contributed by atoms with Crippen LogP contribution in [0.2, 0.25) is 5.02 Å². The number of amides is 1. The van der Waals surface area contributed by atoms with E-state index < -0.39 is 0 Å². The van der Waals surface area contributed by atoms with Crippen LogP contribution in [-0.4, -0.2) is 11.1 Å². The first-order valence-corrected chi connectivity index (χ1v) is 8.16. The maximum absolute atomic E-state index is 12.4. The number of benzene rings is 2. The largest absolute Gasteiger partial charge is 0.488 e. The summed E-state index contributed by atoms with van der Waals surface area (Å²) >= 11 is 5.88. The summed E-state index contributed by atoms with van der Waals surface area (Å²) in [6.45, 7) is 2.45. The van der Waals surface area contributed by atoms with E-state index in [-0.39, 0.29) is 5.91 Å². The van der Waals surface area contributed by atoms with Crippen LogP contribution in [0.3, 0.4) is 0 Å². The van der Waals surface area contributed by atoms with E-state index in [1.165, 1.54) is 0 Å². The van der Waals surface area contributed by atoms with Crippen LogP contribution in [0.15, 0.2) is 59.1 Å². The van der Waals surface area contributed by atoms with Crippen LogP contribution in [0, 0.1) is 6.92 Å². The molecule has 3 rings (SSSR count). The second-order valence-corrected chi connectivity index (χ2v) is 5.96. The van der Waals surface area contributed by atoms with Gasteiger partial charge in [0, 0.05) is 11.1 Å². The molecular weight excluding hydrogens is 340 g/mol. The van der Waals surface area contributed by atoms with E-state index in [9.17, 15) is 4.79 Å². The quantitative estimate of drug-likeness (QED) is 0.720. The molecule has 128 valence electrons. The molecule has 0 atom stereocenters. The van der Waals surface area contributed by atoms with Crippen molar-refractivity contribution in [2.45, 2.75) is 20.1 Å². The van der Waals surface area contributed by atoms with Gasteiger partial charge in [-0.1, -0.05) is 41.0 Å². The number of halogens is 1. The molecule has 0 aliphatic carbocycles. The van der Waals surface area contributed by atoms with Gasteiger partial charge in [0.1, 0.15) is 23.8 Å². The minimum absolute atomic E-state index is 0.229. The molecule has 1 heterocycles. The van der Waals surface area contributed by atoms with Gasteiger partial charge in [-0.15, -0.1) is 0 Å². The lowest BCUT2D eigenvalue weighted by Gasteiger charge is -2.11. The van der Waals surface area contributed by atoms with E-state index in [4.69, 9.17) is 20.9 Å². The molecular formula is C19H17ClN2O3. The highest BCUT2D eigenvalue weighted by Crippen LogP contribution is 2.20. The summed E-state index contributed by atoms with van der Waals surface area (Å²) < 4.78 is 10.8. The Bertz CT molecular complexity index is 859. The molecule has 0 spiro atoms. The Morgan fingerprint density at radius 2 is 1.96 bits per heavy atom. The SMILES string of the molecule is Cc1cc(CNC(=O)c2ccccc2OCc2ccc(Cl)cc2)no1. The van der Waals surface area contributed by atoms with Gasteiger partial charge >= 0.3 is 0 Å². The lowest BCUT2D eigenvalue weighted by atomic mass is 10.2. The fourth-order valence-electron chi connectivity index (χ4n) is 2.29. The molecule has 0 fully saturated rings. The van der Waals surface area contributed by atoms with Gasteiger partial charge in [0.25, 0.3) is 5.91 Å². The van der Waals surface area contributed by atoms with Crippen LogP contribution in [0.4, 0.5) is 0 Å². The second kappa shape index (κ2) is 7.85. The van der Waals surface area contributed by atoms with E-state index in [1.54, 1.807) is 43.3 Å².